The van der Waals surface area contributed by atoms with Crippen LogP contribution in [-0.2, 0) is 14.3 Å². The van der Waals surface area contributed by atoms with Gasteiger partial charge >= 0.3 is 5.97 Å². The molecule has 0 aliphatic carbocycles. The minimum atomic E-state index is -1.10. The zero-order chi connectivity index (χ0) is 22.5. The molecule has 0 radical (unpaired) electrons. The summed E-state index contributed by atoms with van der Waals surface area (Å²) in [5.74, 6) is -1.19. The molecule has 31 heavy (non-hydrogen) atoms. The Morgan fingerprint density at radius 3 is 2.42 bits per heavy atom. The van der Waals surface area contributed by atoms with Gasteiger partial charge in [-0.2, -0.15) is 0 Å². The summed E-state index contributed by atoms with van der Waals surface area (Å²) in [6.45, 7) is 4.11. The number of para-hydroxylation sites is 1. The van der Waals surface area contributed by atoms with Gasteiger partial charge in [0.15, 0.2) is 5.78 Å². The van der Waals surface area contributed by atoms with Gasteiger partial charge < -0.3 is 14.4 Å². The molecule has 0 fully saturated rings. The number of rotatable bonds is 8. The van der Waals surface area contributed by atoms with E-state index in [-0.39, 0.29) is 30.5 Å². The Morgan fingerprint density at radius 1 is 1.10 bits per heavy atom. The van der Waals surface area contributed by atoms with E-state index in [0.29, 0.717) is 0 Å². The van der Waals surface area contributed by atoms with Crippen molar-refractivity contribution in [3.63, 3.8) is 0 Å². The molecule has 1 N–H and O–H groups in total. The molecule has 5 nitrogen and oxygen atoms in total. The van der Waals surface area contributed by atoms with E-state index in [9.17, 15) is 19.1 Å². The van der Waals surface area contributed by atoms with Crippen LogP contribution in [0.25, 0.3) is 28.1 Å². The minimum Gasteiger partial charge on any atom is -0.469 e. The molecule has 0 spiro atoms. The number of methoxy groups -OCH3 is 1. The van der Waals surface area contributed by atoms with Crippen molar-refractivity contribution < 1.29 is 23.8 Å². The Balaban J connectivity index is 2.04. The van der Waals surface area contributed by atoms with E-state index in [1.54, 1.807) is 18.2 Å². The quantitative estimate of drug-likeness (QED) is 0.412. The highest BCUT2D eigenvalue weighted by atomic mass is 19.1. The van der Waals surface area contributed by atoms with Gasteiger partial charge in [-0.15, -0.1) is 0 Å². The molecule has 6 heteroatoms. The van der Waals surface area contributed by atoms with Crippen molar-refractivity contribution in [3.8, 4) is 11.1 Å². The van der Waals surface area contributed by atoms with Gasteiger partial charge in [-0.1, -0.05) is 30.3 Å². The predicted octanol–water partition coefficient (Wildman–Crippen LogP) is 4.92. The number of ketones is 1. The summed E-state index contributed by atoms with van der Waals surface area (Å²) in [7, 11) is 1.23. The SMILES string of the molecule is COC(=O)C[C@@H](O)CC(=O)/C=C/c1c(-c2ccc(F)cc2)c2ccccc2n1C(C)C. The maximum Gasteiger partial charge on any atom is 0.308 e. The van der Waals surface area contributed by atoms with E-state index >= 15 is 0 Å². The molecule has 3 aromatic rings. The van der Waals surface area contributed by atoms with Crippen LogP contribution in [0.2, 0.25) is 0 Å². The van der Waals surface area contributed by atoms with Crippen molar-refractivity contribution >= 4 is 28.7 Å². The number of ether oxygens (including phenoxy) is 1. The molecular weight excluding hydrogens is 397 g/mol. The van der Waals surface area contributed by atoms with Gasteiger partial charge in [0.1, 0.15) is 5.82 Å². The number of carbonyl (C=O) groups is 2. The van der Waals surface area contributed by atoms with Crippen LogP contribution in [0, 0.1) is 5.82 Å². The number of fused-ring (bicyclic) bond motifs is 1. The zero-order valence-electron chi connectivity index (χ0n) is 17.8. The Labute approximate surface area is 180 Å². The molecule has 1 atom stereocenters. The third-order valence-corrected chi connectivity index (χ3v) is 5.09. The van der Waals surface area contributed by atoms with E-state index in [0.717, 1.165) is 27.7 Å². The van der Waals surface area contributed by atoms with E-state index in [4.69, 9.17) is 0 Å². The van der Waals surface area contributed by atoms with Crippen LogP contribution in [0.5, 0.6) is 0 Å². The molecule has 0 aliphatic heterocycles. The summed E-state index contributed by atoms with van der Waals surface area (Å²) in [4.78, 5) is 23.7. The highest BCUT2D eigenvalue weighted by Crippen LogP contribution is 2.37. The Bertz CT molecular complexity index is 1110. The van der Waals surface area contributed by atoms with Crippen LogP contribution in [0.3, 0.4) is 0 Å². The maximum absolute atomic E-state index is 13.5. The van der Waals surface area contributed by atoms with Crippen molar-refractivity contribution in [1.82, 2.24) is 4.57 Å². The number of aliphatic hydroxyl groups is 1. The lowest BCUT2D eigenvalue weighted by Gasteiger charge is -2.14. The molecule has 0 saturated heterocycles. The fourth-order valence-electron chi connectivity index (χ4n) is 3.74. The Hall–Kier alpha value is -3.25. The molecule has 0 saturated carbocycles. The summed E-state index contributed by atoms with van der Waals surface area (Å²) < 4.78 is 20.2. The molecular formula is C25H26FNO4. The van der Waals surface area contributed by atoms with Crippen molar-refractivity contribution in [3.05, 3.63) is 66.1 Å². The topological polar surface area (TPSA) is 68.5 Å². The van der Waals surface area contributed by atoms with E-state index < -0.39 is 12.1 Å². The van der Waals surface area contributed by atoms with E-state index in [1.165, 1.54) is 25.3 Å². The number of carbonyl (C=O) groups excluding carboxylic acids is 2. The van der Waals surface area contributed by atoms with Crippen molar-refractivity contribution in [2.45, 2.75) is 38.8 Å². The normalized spacial score (nSPS) is 12.6. The number of aliphatic hydroxyl groups excluding tert-OH is 1. The van der Waals surface area contributed by atoms with Crippen molar-refractivity contribution in [2.75, 3.05) is 7.11 Å². The largest absolute Gasteiger partial charge is 0.469 e. The first-order valence-electron chi connectivity index (χ1n) is 10.2. The van der Waals surface area contributed by atoms with Crippen LogP contribution >= 0.6 is 0 Å². The molecule has 162 valence electrons. The van der Waals surface area contributed by atoms with Crippen LogP contribution in [-0.4, -0.2) is 34.6 Å². The lowest BCUT2D eigenvalue weighted by atomic mass is 10.0. The second-order valence-electron chi connectivity index (χ2n) is 7.69. The van der Waals surface area contributed by atoms with Crippen LogP contribution in [0.4, 0.5) is 4.39 Å². The molecule has 0 amide bonds. The number of allylic oxidation sites excluding steroid dienone is 1. The first-order valence-corrected chi connectivity index (χ1v) is 10.2. The number of hydrogen-bond acceptors (Lipinski definition) is 4. The number of esters is 1. The average molecular weight is 423 g/mol. The van der Waals surface area contributed by atoms with Gasteiger partial charge in [0.2, 0.25) is 0 Å². The van der Waals surface area contributed by atoms with Crippen molar-refractivity contribution in [1.29, 1.82) is 0 Å². The first kappa shape index (κ1) is 22.4. The number of halogens is 1. The lowest BCUT2D eigenvalue weighted by Crippen LogP contribution is -2.17. The van der Waals surface area contributed by atoms with Gasteiger partial charge in [0.25, 0.3) is 0 Å². The number of benzene rings is 2. The average Bonchev–Trinajstić information content (AvgIpc) is 3.07. The summed E-state index contributed by atoms with van der Waals surface area (Å²) in [6, 6.07) is 14.3. The third-order valence-electron chi connectivity index (χ3n) is 5.09. The summed E-state index contributed by atoms with van der Waals surface area (Å²) in [6.07, 6.45) is 1.63. The van der Waals surface area contributed by atoms with E-state index in [2.05, 4.69) is 23.2 Å². The second-order valence-corrected chi connectivity index (χ2v) is 7.69. The van der Waals surface area contributed by atoms with Crippen molar-refractivity contribution in [2.24, 2.45) is 0 Å². The van der Waals surface area contributed by atoms with Gasteiger partial charge in [-0.25, -0.2) is 4.39 Å². The molecule has 3 rings (SSSR count). The van der Waals surface area contributed by atoms with E-state index in [1.807, 2.05) is 24.3 Å². The van der Waals surface area contributed by atoms with Gasteiger partial charge in [-0.05, 0) is 49.8 Å². The minimum absolute atomic E-state index is 0.110. The Morgan fingerprint density at radius 2 is 1.77 bits per heavy atom. The van der Waals surface area contributed by atoms with Gasteiger partial charge in [0, 0.05) is 28.9 Å². The third kappa shape index (κ3) is 5.09. The smallest absolute Gasteiger partial charge is 0.308 e. The summed E-state index contributed by atoms with van der Waals surface area (Å²) >= 11 is 0. The number of hydrogen-bond donors (Lipinski definition) is 1. The fourth-order valence-corrected chi connectivity index (χ4v) is 3.74. The maximum atomic E-state index is 13.5. The predicted molar refractivity (Wildman–Crippen MR) is 119 cm³/mol. The number of aromatic nitrogens is 1. The Kier molecular flexibility index (Phi) is 7.02. The van der Waals surface area contributed by atoms with Gasteiger partial charge in [-0.3, -0.25) is 9.59 Å². The highest BCUT2D eigenvalue weighted by Gasteiger charge is 2.19. The molecule has 0 aliphatic rings. The molecule has 2 aromatic carbocycles. The molecule has 0 unspecified atom stereocenters. The standard InChI is InChI=1S/C25H26FNO4/c1-16(2)27-22-7-5-4-6-21(22)25(17-8-10-18(26)11-9-17)23(27)13-12-19(28)14-20(29)15-24(30)31-3/h4-13,16,20,29H,14-15H2,1-3H3/b13-12+/t20-/m0/s1. The summed E-state index contributed by atoms with van der Waals surface area (Å²) in [5, 5.41) is 10.9. The summed E-state index contributed by atoms with van der Waals surface area (Å²) in [5.41, 5.74) is 3.58. The van der Waals surface area contributed by atoms with Crippen LogP contribution in [0.15, 0.2) is 54.6 Å². The van der Waals surface area contributed by atoms with Gasteiger partial charge in [0.05, 0.1) is 25.3 Å². The van der Waals surface area contributed by atoms with Crippen LogP contribution < -0.4 is 0 Å². The second kappa shape index (κ2) is 9.71. The fraction of sp³-hybridized carbons (Fsp3) is 0.280. The lowest BCUT2D eigenvalue weighted by molar-refractivity contribution is -0.143. The molecule has 0 bridgehead atoms. The highest BCUT2D eigenvalue weighted by molar-refractivity contribution is 6.03. The molecule has 1 heterocycles. The molecule has 1 aromatic heterocycles. The first-order chi connectivity index (χ1) is 14.8. The number of nitrogens with zero attached hydrogens (tertiary/aromatic N) is 1. The zero-order valence-corrected chi connectivity index (χ0v) is 17.8. The van der Waals surface area contributed by atoms with Crippen LogP contribution in [0.1, 0.15) is 38.4 Å². The monoisotopic (exact) mass is 423 g/mol.